The molecule has 0 saturated carbocycles. The zero-order valence-corrected chi connectivity index (χ0v) is 11.0. The smallest absolute Gasteiger partial charge is 0.236 e. The minimum absolute atomic E-state index is 0.170. The van der Waals surface area contributed by atoms with Gasteiger partial charge in [0, 0.05) is 31.4 Å². The molecule has 1 aliphatic rings. The second-order valence-electron chi connectivity index (χ2n) is 4.74. The van der Waals surface area contributed by atoms with E-state index in [2.05, 4.69) is 15.3 Å². The molecule has 18 heavy (non-hydrogen) atoms. The Morgan fingerprint density at radius 2 is 2.28 bits per heavy atom. The van der Waals surface area contributed by atoms with Gasteiger partial charge >= 0.3 is 0 Å². The largest absolute Gasteiger partial charge is 0.341 e. The van der Waals surface area contributed by atoms with Crippen LogP contribution < -0.4 is 5.32 Å². The van der Waals surface area contributed by atoms with Crippen LogP contribution in [0, 0.1) is 6.92 Å². The molecular formula is C13H20N4O. The fraction of sp³-hybridized carbons (Fsp3) is 0.615. The van der Waals surface area contributed by atoms with E-state index in [9.17, 15) is 4.79 Å². The summed E-state index contributed by atoms with van der Waals surface area (Å²) in [5.41, 5.74) is 2.02. The summed E-state index contributed by atoms with van der Waals surface area (Å²) < 4.78 is 0. The Labute approximate surface area is 108 Å². The SMILES string of the molecule is CNCC(=O)N1CCC[C@@H](c2nccnc2C)C1. The number of rotatable bonds is 3. The molecule has 1 atom stereocenters. The van der Waals surface area contributed by atoms with Gasteiger partial charge in [0.2, 0.25) is 5.91 Å². The zero-order chi connectivity index (χ0) is 13.0. The number of piperidine rings is 1. The number of carbonyl (C=O) groups is 1. The lowest BCUT2D eigenvalue weighted by molar-refractivity contribution is -0.131. The average Bonchev–Trinajstić information content (AvgIpc) is 2.40. The highest BCUT2D eigenvalue weighted by Crippen LogP contribution is 2.26. The van der Waals surface area contributed by atoms with Crippen LogP contribution in [0.4, 0.5) is 0 Å². The van der Waals surface area contributed by atoms with Crippen molar-refractivity contribution < 1.29 is 4.79 Å². The summed E-state index contributed by atoms with van der Waals surface area (Å²) in [6.45, 7) is 4.01. The first-order chi connectivity index (χ1) is 8.72. The summed E-state index contributed by atoms with van der Waals surface area (Å²) in [5.74, 6) is 0.497. The van der Waals surface area contributed by atoms with Gasteiger partial charge in [-0.1, -0.05) is 0 Å². The molecule has 1 amide bonds. The Balaban J connectivity index is 2.07. The van der Waals surface area contributed by atoms with Crippen molar-refractivity contribution in [2.75, 3.05) is 26.7 Å². The van der Waals surface area contributed by atoms with Gasteiger partial charge in [0.1, 0.15) is 0 Å². The second kappa shape index (κ2) is 5.91. The van der Waals surface area contributed by atoms with E-state index in [1.807, 2.05) is 11.8 Å². The van der Waals surface area contributed by atoms with E-state index in [4.69, 9.17) is 0 Å². The Hall–Kier alpha value is -1.49. The molecule has 5 nitrogen and oxygen atoms in total. The van der Waals surface area contributed by atoms with Crippen LogP contribution in [0.2, 0.25) is 0 Å². The predicted octanol–water partition coefficient (Wildman–Crippen LogP) is 0.710. The van der Waals surface area contributed by atoms with E-state index < -0.39 is 0 Å². The molecule has 0 bridgehead atoms. The zero-order valence-electron chi connectivity index (χ0n) is 11.0. The van der Waals surface area contributed by atoms with E-state index in [1.165, 1.54) is 0 Å². The molecule has 1 aromatic heterocycles. The molecule has 0 unspecified atom stereocenters. The first-order valence-electron chi connectivity index (χ1n) is 6.42. The Morgan fingerprint density at radius 1 is 1.50 bits per heavy atom. The van der Waals surface area contributed by atoms with Crippen LogP contribution in [0.3, 0.4) is 0 Å². The quantitative estimate of drug-likeness (QED) is 0.856. The second-order valence-corrected chi connectivity index (χ2v) is 4.74. The number of hydrogen-bond acceptors (Lipinski definition) is 4. The Kier molecular flexibility index (Phi) is 4.25. The number of aryl methyl sites for hydroxylation is 1. The first kappa shape index (κ1) is 13.0. The van der Waals surface area contributed by atoms with Gasteiger partial charge in [0.05, 0.1) is 17.9 Å². The van der Waals surface area contributed by atoms with Crippen LogP contribution in [0.15, 0.2) is 12.4 Å². The lowest BCUT2D eigenvalue weighted by atomic mass is 9.93. The highest BCUT2D eigenvalue weighted by atomic mass is 16.2. The van der Waals surface area contributed by atoms with E-state index in [0.29, 0.717) is 12.5 Å². The summed E-state index contributed by atoms with van der Waals surface area (Å²) in [6.07, 6.45) is 5.57. The Morgan fingerprint density at radius 3 is 3.00 bits per heavy atom. The maximum Gasteiger partial charge on any atom is 0.236 e. The van der Waals surface area contributed by atoms with Gasteiger partial charge in [-0.25, -0.2) is 0 Å². The highest BCUT2D eigenvalue weighted by molar-refractivity contribution is 5.78. The maximum atomic E-state index is 11.9. The van der Waals surface area contributed by atoms with Crippen molar-refractivity contribution in [1.29, 1.82) is 0 Å². The Bertz CT molecular complexity index is 421. The molecule has 2 rings (SSSR count). The van der Waals surface area contributed by atoms with Crippen molar-refractivity contribution in [3.05, 3.63) is 23.8 Å². The molecule has 5 heteroatoms. The van der Waals surface area contributed by atoms with Gasteiger partial charge in [0.15, 0.2) is 0 Å². The van der Waals surface area contributed by atoms with Crippen LogP contribution in [0.5, 0.6) is 0 Å². The maximum absolute atomic E-state index is 11.9. The van der Waals surface area contributed by atoms with Gasteiger partial charge in [-0.15, -0.1) is 0 Å². The standard InChI is InChI=1S/C13H20N4O/c1-10-13(16-6-5-15-10)11-4-3-7-17(9-11)12(18)8-14-2/h5-6,11,14H,3-4,7-9H2,1-2H3/t11-/m1/s1. The molecule has 1 saturated heterocycles. The third kappa shape index (κ3) is 2.85. The lowest BCUT2D eigenvalue weighted by Gasteiger charge is -2.32. The van der Waals surface area contributed by atoms with Gasteiger partial charge in [-0.2, -0.15) is 0 Å². The minimum atomic E-state index is 0.170. The molecule has 0 aromatic carbocycles. The predicted molar refractivity (Wildman–Crippen MR) is 69.3 cm³/mol. The molecule has 98 valence electrons. The summed E-state index contributed by atoms with van der Waals surface area (Å²) in [7, 11) is 1.80. The van der Waals surface area contributed by atoms with E-state index >= 15 is 0 Å². The number of likely N-dealkylation sites (tertiary alicyclic amines) is 1. The third-order valence-corrected chi connectivity index (χ3v) is 3.41. The molecule has 1 aromatic rings. The van der Waals surface area contributed by atoms with Crippen molar-refractivity contribution in [1.82, 2.24) is 20.2 Å². The highest BCUT2D eigenvalue weighted by Gasteiger charge is 2.26. The number of nitrogens with zero attached hydrogens (tertiary/aromatic N) is 3. The van der Waals surface area contributed by atoms with Gasteiger partial charge in [-0.05, 0) is 26.8 Å². The normalized spacial score (nSPS) is 19.9. The van der Waals surface area contributed by atoms with Crippen molar-refractivity contribution >= 4 is 5.91 Å². The summed E-state index contributed by atoms with van der Waals surface area (Å²) >= 11 is 0. The summed E-state index contributed by atoms with van der Waals surface area (Å²) in [5, 5.41) is 2.91. The number of aromatic nitrogens is 2. The molecule has 0 radical (unpaired) electrons. The van der Waals surface area contributed by atoms with E-state index in [-0.39, 0.29) is 5.91 Å². The molecule has 0 spiro atoms. The summed E-state index contributed by atoms with van der Waals surface area (Å²) in [6, 6.07) is 0. The van der Waals surface area contributed by atoms with Gasteiger partial charge < -0.3 is 10.2 Å². The van der Waals surface area contributed by atoms with Crippen molar-refractivity contribution in [3.8, 4) is 0 Å². The molecular weight excluding hydrogens is 228 g/mol. The van der Waals surface area contributed by atoms with E-state index in [0.717, 1.165) is 37.3 Å². The number of hydrogen-bond donors (Lipinski definition) is 1. The van der Waals surface area contributed by atoms with Crippen LogP contribution in [-0.4, -0.2) is 47.5 Å². The van der Waals surface area contributed by atoms with Crippen LogP contribution >= 0.6 is 0 Å². The van der Waals surface area contributed by atoms with Crippen molar-refractivity contribution in [2.45, 2.75) is 25.7 Å². The van der Waals surface area contributed by atoms with Gasteiger partial charge in [0.25, 0.3) is 0 Å². The van der Waals surface area contributed by atoms with Gasteiger partial charge in [-0.3, -0.25) is 14.8 Å². The molecule has 2 heterocycles. The third-order valence-electron chi connectivity index (χ3n) is 3.41. The number of amides is 1. The van der Waals surface area contributed by atoms with Crippen LogP contribution in [0.1, 0.15) is 30.1 Å². The van der Waals surface area contributed by atoms with Crippen molar-refractivity contribution in [2.24, 2.45) is 0 Å². The number of likely N-dealkylation sites (N-methyl/N-ethyl adjacent to an activating group) is 1. The van der Waals surface area contributed by atoms with Crippen LogP contribution in [-0.2, 0) is 4.79 Å². The monoisotopic (exact) mass is 248 g/mol. The molecule has 0 aliphatic carbocycles. The topological polar surface area (TPSA) is 58.1 Å². The first-order valence-corrected chi connectivity index (χ1v) is 6.42. The van der Waals surface area contributed by atoms with Crippen LogP contribution in [0.25, 0.3) is 0 Å². The fourth-order valence-corrected chi connectivity index (χ4v) is 2.51. The average molecular weight is 248 g/mol. The minimum Gasteiger partial charge on any atom is -0.341 e. The molecule has 1 fully saturated rings. The van der Waals surface area contributed by atoms with Crippen molar-refractivity contribution in [3.63, 3.8) is 0 Å². The summed E-state index contributed by atoms with van der Waals surface area (Å²) in [4.78, 5) is 22.5. The molecule has 1 aliphatic heterocycles. The lowest BCUT2D eigenvalue weighted by Crippen LogP contribution is -2.43. The molecule has 1 N–H and O–H groups in total. The number of carbonyl (C=O) groups excluding carboxylic acids is 1. The van der Waals surface area contributed by atoms with E-state index in [1.54, 1.807) is 19.4 Å². The fourth-order valence-electron chi connectivity index (χ4n) is 2.51. The number of nitrogens with one attached hydrogen (secondary N) is 1.